The Morgan fingerprint density at radius 3 is 2.88 bits per heavy atom. The lowest BCUT2D eigenvalue weighted by Gasteiger charge is -2.09. The summed E-state index contributed by atoms with van der Waals surface area (Å²) < 4.78 is 6.81. The summed E-state index contributed by atoms with van der Waals surface area (Å²) in [7, 11) is 1.45. The SMILES string of the molecule is COc1cc(Cl)ccc1C(=O)Nc1cc(=NC2CC2)n2nc/c(=C/c3[nH]c(=O)[nH]c3O)c2n1. The number of aromatic hydroxyl groups is 1. The fraction of sp³-hybridized carbons (Fsp3) is 0.190. The van der Waals surface area contributed by atoms with Crippen LogP contribution in [0.25, 0.3) is 11.7 Å². The number of ether oxygens (including phenoxy) is 1. The van der Waals surface area contributed by atoms with Crippen LogP contribution < -0.4 is 26.4 Å². The number of amides is 1. The minimum Gasteiger partial charge on any atom is -0.496 e. The molecule has 4 aromatic rings. The van der Waals surface area contributed by atoms with E-state index in [1.165, 1.54) is 19.4 Å². The summed E-state index contributed by atoms with van der Waals surface area (Å²) in [5.74, 6) is -0.156. The zero-order valence-electron chi connectivity index (χ0n) is 17.3. The Labute approximate surface area is 190 Å². The van der Waals surface area contributed by atoms with Crippen molar-refractivity contribution in [2.75, 3.05) is 12.4 Å². The fourth-order valence-corrected chi connectivity index (χ4v) is 3.46. The lowest BCUT2D eigenvalue weighted by atomic mass is 10.2. The standard InChI is InChI=1S/C21H18ClN7O4/c1-33-15-7-11(22)2-5-13(15)19(30)27-16-8-17(24-12-3-4-12)29-18(26-16)10(9-23-29)6-14-20(31)28-21(32)25-14/h2,5-9,12,31H,3-4H2,1H3,(H,27,30)(H2,25,28,32)/b10-6-,24-17?. The number of imidazole rings is 1. The smallest absolute Gasteiger partial charge is 0.326 e. The number of nitrogens with one attached hydrogen (secondary N) is 3. The van der Waals surface area contributed by atoms with Crippen molar-refractivity contribution < 1.29 is 14.6 Å². The van der Waals surface area contributed by atoms with E-state index in [0.29, 0.717) is 32.7 Å². The fourth-order valence-electron chi connectivity index (χ4n) is 3.30. The van der Waals surface area contributed by atoms with Crippen molar-refractivity contribution in [1.82, 2.24) is 24.6 Å². The predicted molar refractivity (Wildman–Crippen MR) is 119 cm³/mol. The van der Waals surface area contributed by atoms with Crippen molar-refractivity contribution in [3.8, 4) is 11.6 Å². The maximum absolute atomic E-state index is 12.9. The molecule has 1 aromatic carbocycles. The molecule has 1 amide bonds. The summed E-state index contributed by atoms with van der Waals surface area (Å²) in [5, 5.41) is 18.0. The van der Waals surface area contributed by atoms with Gasteiger partial charge >= 0.3 is 5.69 Å². The molecule has 1 aliphatic rings. The number of aromatic nitrogens is 5. The minimum atomic E-state index is -0.544. The van der Waals surface area contributed by atoms with E-state index in [4.69, 9.17) is 16.3 Å². The lowest BCUT2D eigenvalue weighted by Crippen LogP contribution is -2.22. The molecule has 0 radical (unpaired) electrons. The summed E-state index contributed by atoms with van der Waals surface area (Å²) in [6.07, 6.45) is 5.02. The molecular formula is C21H18ClN7O4. The number of aromatic amines is 2. The van der Waals surface area contributed by atoms with E-state index in [1.54, 1.807) is 28.8 Å². The molecule has 168 valence electrons. The molecule has 3 aromatic heterocycles. The Balaban J connectivity index is 1.62. The molecule has 0 saturated heterocycles. The van der Waals surface area contributed by atoms with E-state index in [2.05, 4.69) is 30.4 Å². The maximum Gasteiger partial charge on any atom is 0.326 e. The topological polar surface area (TPSA) is 150 Å². The zero-order valence-corrected chi connectivity index (χ0v) is 18.1. The van der Waals surface area contributed by atoms with Crippen LogP contribution in [0.2, 0.25) is 5.02 Å². The third kappa shape index (κ3) is 4.17. The van der Waals surface area contributed by atoms with Gasteiger partial charge < -0.3 is 20.1 Å². The molecule has 1 aliphatic carbocycles. The van der Waals surface area contributed by atoms with Crippen molar-refractivity contribution in [2.45, 2.75) is 18.9 Å². The Morgan fingerprint density at radius 2 is 2.18 bits per heavy atom. The van der Waals surface area contributed by atoms with Crippen LogP contribution in [0, 0.1) is 0 Å². The van der Waals surface area contributed by atoms with Crippen LogP contribution in [0.5, 0.6) is 11.6 Å². The molecule has 33 heavy (non-hydrogen) atoms. The number of carbonyl (C=O) groups is 1. The predicted octanol–water partition coefficient (Wildman–Crippen LogP) is 0.976. The number of halogens is 1. The second-order valence-electron chi connectivity index (χ2n) is 7.48. The van der Waals surface area contributed by atoms with Crippen molar-refractivity contribution in [3.63, 3.8) is 0 Å². The number of methoxy groups -OCH3 is 1. The summed E-state index contributed by atoms with van der Waals surface area (Å²) in [4.78, 5) is 38.3. The summed E-state index contributed by atoms with van der Waals surface area (Å²) in [6.45, 7) is 0. The number of carbonyl (C=O) groups excluding carboxylic acids is 1. The number of H-pyrrole nitrogens is 2. The second-order valence-corrected chi connectivity index (χ2v) is 7.92. The molecule has 0 atom stereocenters. The molecule has 5 rings (SSSR count). The molecule has 1 fully saturated rings. The first-order valence-corrected chi connectivity index (χ1v) is 10.4. The quantitative estimate of drug-likeness (QED) is 0.343. The molecule has 4 N–H and O–H groups in total. The normalized spacial score (nSPS) is 14.7. The third-order valence-corrected chi connectivity index (χ3v) is 5.26. The molecule has 0 aliphatic heterocycles. The molecule has 1 saturated carbocycles. The van der Waals surface area contributed by atoms with Crippen LogP contribution in [0.15, 0.2) is 40.2 Å². The van der Waals surface area contributed by atoms with Crippen molar-refractivity contribution >= 4 is 35.0 Å². The number of nitrogens with zero attached hydrogens (tertiary/aromatic N) is 4. The summed E-state index contributed by atoms with van der Waals surface area (Å²) in [5.41, 5.74) is 0.832. The van der Waals surface area contributed by atoms with Gasteiger partial charge in [0.25, 0.3) is 5.91 Å². The number of hydrogen-bond acceptors (Lipinski definition) is 7. The van der Waals surface area contributed by atoms with E-state index in [0.717, 1.165) is 12.8 Å². The highest BCUT2D eigenvalue weighted by Gasteiger charge is 2.21. The molecule has 3 heterocycles. The van der Waals surface area contributed by atoms with Gasteiger partial charge in [0, 0.05) is 16.3 Å². The summed E-state index contributed by atoms with van der Waals surface area (Å²) >= 11 is 5.99. The number of anilines is 1. The minimum absolute atomic E-state index is 0.178. The van der Waals surface area contributed by atoms with Crippen LogP contribution in [-0.4, -0.2) is 48.7 Å². The molecule has 0 spiro atoms. The summed E-state index contributed by atoms with van der Waals surface area (Å²) in [6, 6.07) is 6.54. The number of fused-ring (bicyclic) bond motifs is 1. The van der Waals surface area contributed by atoms with Gasteiger partial charge in [-0.25, -0.2) is 9.78 Å². The molecule has 0 bridgehead atoms. The number of hydrogen-bond donors (Lipinski definition) is 4. The molecule has 11 nitrogen and oxygen atoms in total. The van der Waals surface area contributed by atoms with Gasteiger partial charge in [-0.1, -0.05) is 11.6 Å². The average Bonchev–Trinajstić information content (AvgIpc) is 3.42. The monoisotopic (exact) mass is 467 g/mol. The van der Waals surface area contributed by atoms with Crippen molar-refractivity contribution in [3.05, 3.63) is 67.9 Å². The average molecular weight is 468 g/mol. The van der Waals surface area contributed by atoms with Crippen molar-refractivity contribution in [1.29, 1.82) is 0 Å². The van der Waals surface area contributed by atoms with Gasteiger partial charge in [0.15, 0.2) is 11.1 Å². The van der Waals surface area contributed by atoms with Gasteiger partial charge in [-0.3, -0.25) is 14.8 Å². The van der Waals surface area contributed by atoms with Gasteiger partial charge in [-0.2, -0.15) is 9.61 Å². The number of benzene rings is 1. The Morgan fingerprint density at radius 1 is 1.36 bits per heavy atom. The van der Waals surface area contributed by atoms with Gasteiger partial charge in [-0.15, -0.1) is 0 Å². The van der Waals surface area contributed by atoms with Crippen LogP contribution in [0.1, 0.15) is 28.9 Å². The number of rotatable bonds is 5. The van der Waals surface area contributed by atoms with E-state index < -0.39 is 11.6 Å². The first-order chi connectivity index (χ1) is 15.9. The lowest BCUT2D eigenvalue weighted by molar-refractivity contribution is 0.102. The highest BCUT2D eigenvalue weighted by atomic mass is 35.5. The van der Waals surface area contributed by atoms with Crippen LogP contribution in [-0.2, 0) is 0 Å². The van der Waals surface area contributed by atoms with E-state index >= 15 is 0 Å². The first kappa shape index (κ1) is 20.8. The van der Waals surface area contributed by atoms with Crippen LogP contribution in [0.4, 0.5) is 5.82 Å². The van der Waals surface area contributed by atoms with Gasteiger partial charge in [0.2, 0.25) is 5.88 Å². The van der Waals surface area contributed by atoms with E-state index in [-0.39, 0.29) is 23.4 Å². The highest BCUT2D eigenvalue weighted by molar-refractivity contribution is 6.31. The molecule has 12 heteroatoms. The first-order valence-electron chi connectivity index (χ1n) is 10.0. The maximum atomic E-state index is 12.9. The van der Waals surface area contributed by atoms with E-state index in [9.17, 15) is 14.7 Å². The Hall–Kier alpha value is -4.12. The zero-order chi connectivity index (χ0) is 23.1. The van der Waals surface area contributed by atoms with Gasteiger partial charge in [-0.05, 0) is 37.1 Å². The Bertz CT molecular complexity index is 1570. The second kappa shape index (κ2) is 8.10. The van der Waals surface area contributed by atoms with Crippen LogP contribution in [0.3, 0.4) is 0 Å². The van der Waals surface area contributed by atoms with E-state index in [1.807, 2.05) is 0 Å². The van der Waals surface area contributed by atoms with Crippen LogP contribution >= 0.6 is 11.6 Å². The third-order valence-electron chi connectivity index (χ3n) is 5.03. The van der Waals surface area contributed by atoms with Gasteiger partial charge in [0.05, 0.1) is 24.9 Å². The molecule has 0 unspecified atom stereocenters. The largest absolute Gasteiger partial charge is 0.496 e. The highest BCUT2D eigenvalue weighted by Crippen LogP contribution is 2.24. The van der Waals surface area contributed by atoms with Crippen molar-refractivity contribution in [2.24, 2.45) is 4.99 Å². The van der Waals surface area contributed by atoms with Gasteiger partial charge in [0.1, 0.15) is 17.3 Å². The Kier molecular flexibility index (Phi) is 5.09. The molecular weight excluding hydrogens is 450 g/mol.